The van der Waals surface area contributed by atoms with E-state index < -0.39 is 205 Å². The van der Waals surface area contributed by atoms with Crippen LogP contribution in [0.25, 0.3) is 0 Å². The number of carbonyl (C=O) groups is 2. The number of unbranched alkanes of at least 4 members (excludes halogenated alkanes) is 25. The second-order valence-corrected chi connectivity index (χ2v) is 27.1. The molecule has 0 bridgehead atoms. The summed E-state index contributed by atoms with van der Waals surface area (Å²) in [5.74, 6) is -1.16. The number of hydrogen-bond acceptors (Lipinski definition) is 27. The fraction of sp³-hybridized carbons (Fsp3) is 0.941. The molecule has 5 heterocycles. The van der Waals surface area contributed by atoms with Crippen LogP contribution in [0.3, 0.4) is 0 Å². The van der Waals surface area contributed by atoms with Crippen LogP contribution in [0, 0.1) is 0 Å². The minimum atomic E-state index is -2.17. The molecule has 0 aromatic rings. The van der Waals surface area contributed by atoms with Gasteiger partial charge in [-0.15, -0.1) is 0 Å². The van der Waals surface area contributed by atoms with E-state index in [0.717, 1.165) is 51.9 Å². The van der Waals surface area contributed by atoms with Gasteiger partial charge >= 0.3 is 0 Å². The van der Waals surface area contributed by atoms with Gasteiger partial charge in [0, 0.05) is 13.3 Å². The Kier molecular flexibility index (Phi) is 40.8. The summed E-state index contributed by atoms with van der Waals surface area (Å²) in [5.41, 5.74) is 0. The second kappa shape index (κ2) is 46.4. The highest BCUT2D eigenvalue weighted by atomic mass is 16.8. The Balaban J connectivity index is 1.24. The van der Waals surface area contributed by atoms with E-state index in [2.05, 4.69) is 24.5 Å². The summed E-state index contributed by atoms with van der Waals surface area (Å²) in [4.78, 5) is 26.5. The Bertz CT molecular complexity index is 2130. The van der Waals surface area contributed by atoms with Gasteiger partial charge in [0.1, 0.15) is 116 Å². The molecule has 10 unspecified atom stereocenters. The first kappa shape index (κ1) is 85.3. The molecule has 0 aromatic heterocycles. The van der Waals surface area contributed by atoms with Gasteiger partial charge in [-0.2, -0.15) is 0 Å². The zero-order valence-corrected chi connectivity index (χ0v) is 57.7. The van der Waals surface area contributed by atoms with Crippen molar-refractivity contribution in [2.75, 3.05) is 33.0 Å². The van der Waals surface area contributed by atoms with E-state index in [4.69, 9.17) is 47.4 Å². The number of carbonyl (C=O) groups excluding carboxylic acids is 2. The Morgan fingerprint density at radius 3 is 1.36 bits per heavy atom. The van der Waals surface area contributed by atoms with E-state index in [0.29, 0.717) is 12.8 Å². The topological polar surface area (TPSA) is 454 Å². The normalized spacial score (nSPS) is 36.4. The maximum absolute atomic E-state index is 13.5. The Morgan fingerprint density at radius 2 is 0.835 bits per heavy atom. The number of nitrogens with one attached hydrogen (secondary N) is 2. The summed E-state index contributed by atoms with van der Waals surface area (Å²) in [7, 11) is 0. The fourth-order valence-electron chi connectivity index (χ4n) is 13.1. The summed E-state index contributed by atoms with van der Waals surface area (Å²) in [6.07, 6.45) is -10.5. The standard InChI is InChI=1S/C68H124N2O27/c1-5-7-9-11-13-15-17-19-20-22-24-26-28-30-32-34-48(77)70-42(43(76)33-31-29-27-25-23-21-18-16-14-12-10-8-6-2)39-88-65-58(86)56(84)60(47(38-74)93-65)94-67-59(87)62(53(81)46(37-73)91-67)96-64-49(69-41(4)75)61(52(80)45(36-72)90-64)95-68-63(55(83)51(79)44(35-71)92-68)97-66-57(85)54(82)50(78)40(3)89-66/h31,33,40,42-47,49-68,71-74,76,78-87H,5-30,32,34-39H2,1-4H3,(H,69,75)(H,70,77)/b33-31+/t40?,42-,43+,44?,45?,46?,47?,49?,50+,51-,52+,53-,54?,55-,56+,57-,58?,59?,60+,61+,62-,63?,64-,65+,66+,67-,68-/m0/s1. The van der Waals surface area contributed by atoms with Crippen molar-refractivity contribution in [2.45, 2.75) is 373 Å². The quantitative estimate of drug-likeness (QED) is 0.0294. The Labute approximate surface area is 572 Å². The van der Waals surface area contributed by atoms with E-state index in [9.17, 15) is 86.2 Å². The van der Waals surface area contributed by atoms with Gasteiger partial charge in [0.25, 0.3) is 0 Å². The first-order chi connectivity index (χ1) is 46.7. The number of aliphatic hydroxyl groups excluding tert-OH is 15. The van der Waals surface area contributed by atoms with Crippen LogP contribution in [0.5, 0.6) is 0 Å². The van der Waals surface area contributed by atoms with Gasteiger partial charge in [0.2, 0.25) is 11.8 Å². The number of aliphatic hydroxyl groups is 15. The highest BCUT2D eigenvalue weighted by molar-refractivity contribution is 5.76. The lowest BCUT2D eigenvalue weighted by molar-refractivity contribution is -0.390. The molecule has 0 spiro atoms. The zero-order valence-electron chi connectivity index (χ0n) is 57.7. The van der Waals surface area contributed by atoms with Gasteiger partial charge in [-0.1, -0.05) is 180 Å². The van der Waals surface area contributed by atoms with Crippen molar-refractivity contribution < 1.29 is 134 Å². The van der Waals surface area contributed by atoms with Gasteiger partial charge in [-0.25, -0.2) is 0 Å². The lowest BCUT2D eigenvalue weighted by Gasteiger charge is -2.50. The largest absolute Gasteiger partial charge is 0.394 e. The van der Waals surface area contributed by atoms with Crippen LogP contribution >= 0.6 is 0 Å². The molecule has 97 heavy (non-hydrogen) atoms. The molecular formula is C68H124N2O27. The third-order valence-corrected chi connectivity index (χ3v) is 19.2. The molecule has 5 rings (SSSR count). The monoisotopic (exact) mass is 1400 g/mol. The van der Waals surface area contributed by atoms with Crippen LogP contribution in [0.1, 0.15) is 207 Å². The molecule has 5 fully saturated rings. The average molecular weight is 1400 g/mol. The van der Waals surface area contributed by atoms with Crippen molar-refractivity contribution in [2.24, 2.45) is 0 Å². The van der Waals surface area contributed by atoms with E-state index in [1.807, 2.05) is 6.08 Å². The number of rotatable bonds is 47. The van der Waals surface area contributed by atoms with E-state index in [1.54, 1.807) is 6.08 Å². The molecule has 17 N–H and O–H groups in total. The second-order valence-electron chi connectivity index (χ2n) is 27.1. The molecule has 0 aromatic carbocycles. The van der Waals surface area contributed by atoms with Crippen molar-refractivity contribution in [3.8, 4) is 0 Å². The molecule has 0 radical (unpaired) electrons. The zero-order chi connectivity index (χ0) is 71.0. The Morgan fingerprint density at radius 1 is 0.423 bits per heavy atom. The van der Waals surface area contributed by atoms with Crippen molar-refractivity contribution in [3.05, 3.63) is 12.2 Å². The minimum Gasteiger partial charge on any atom is -0.394 e. The van der Waals surface area contributed by atoms with E-state index in [-0.39, 0.29) is 12.3 Å². The average Bonchev–Trinajstić information content (AvgIpc) is 0.775. The van der Waals surface area contributed by atoms with Crippen molar-refractivity contribution >= 4 is 11.8 Å². The lowest BCUT2D eigenvalue weighted by Crippen LogP contribution is -2.70. The van der Waals surface area contributed by atoms with E-state index in [1.165, 1.54) is 122 Å². The van der Waals surface area contributed by atoms with Crippen LogP contribution in [0.15, 0.2) is 12.2 Å². The lowest BCUT2D eigenvalue weighted by atomic mass is 9.94. The van der Waals surface area contributed by atoms with Gasteiger partial charge in [-0.3, -0.25) is 9.59 Å². The van der Waals surface area contributed by atoms with Crippen molar-refractivity contribution in [1.29, 1.82) is 0 Å². The number of amides is 2. The van der Waals surface area contributed by atoms with Gasteiger partial charge < -0.3 is 135 Å². The van der Waals surface area contributed by atoms with Crippen LogP contribution < -0.4 is 10.6 Å². The number of hydrogen-bond donors (Lipinski definition) is 17. The van der Waals surface area contributed by atoms with Crippen LogP contribution in [0.2, 0.25) is 0 Å². The molecule has 29 nitrogen and oxygen atoms in total. The summed E-state index contributed by atoms with van der Waals surface area (Å²) < 4.78 is 59.1. The first-order valence-corrected chi connectivity index (χ1v) is 36.3. The molecule has 568 valence electrons. The number of ether oxygens (including phenoxy) is 10. The maximum Gasteiger partial charge on any atom is 0.220 e. The van der Waals surface area contributed by atoms with E-state index >= 15 is 0 Å². The van der Waals surface area contributed by atoms with Gasteiger partial charge in [0.05, 0.1) is 51.3 Å². The minimum absolute atomic E-state index is 0.193. The predicted molar refractivity (Wildman–Crippen MR) is 348 cm³/mol. The third kappa shape index (κ3) is 27.0. The molecule has 29 heteroatoms. The van der Waals surface area contributed by atoms with Crippen molar-refractivity contribution in [1.82, 2.24) is 10.6 Å². The molecular weight excluding hydrogens is 1280 g/mol. The predicted octanol–water partition coefficient (Wildman–Crippen LogP) is 0.636. The maximum atomic E-state index is 13.5. The molecule has 5 saturated heterocycles. The summed E-state index contributed by atoms with van der Waals surface area (Å²) in [5, 5.41) is 171. The van der Waals surface area contributed by atoms with Crippen LogP contribution in [0.4, 0.5) is 0 Å². The SMILES string of the molecule is CCCCCCCCCCCCC/C=C/[C@@H](O)[C@H](CO[C@@H]1OC(CO)[C@@H](O[C@@H]2OC(CO)[C@H](O)[C@H](O[C@@H]3OC(CO)[C@@H](O)[C@H](O[C@@H]4OC(CO)[C@H](O)[C@H](O)C4O[C@H]4OC(C)[C@@H](O)C(O)[C@@H]4O)C3NC(C)=O)C2O)[C@H](O)C1O)NC(=O)CCCCCCCCCCCCCCCCC. The molecule has 0 aliphatic carbocycles. The Hall–Kier alpha value is -2.32. The third-order valence-electron chi connectivity index (χ3n) is 19.2. The number of allylic oxidation sites excluding steroid dienone is 1. The van der Waals surface area contributed by atoms with Crippen LogP contribution in [-0.4, -0.2) is 287 Å². The summed E-state index contributed by atoms with van der Waals surface area (Å²) in [6.45, 7) is 2.58. The molecule has 5 aliphatic rings. The van der Waals surface area contributed by atoms with Gasteiger partial charge in [0.15, 0.2) is 31.5 Å². The molecule has 2 amide bonds. The highest BCUT2D eigenvalue weighted by Gasteiger charge is 2.57. The molecule has 0 saturated carbocycles. The highest BCUT2D eigenvalue weighted by Crippen LogP contribution is 2.37. The van der Waals surface area contributed by atoms with Crippen LogP contribution in [-0.2, 0) is 57.0 Å². The van der Waals surface area contributed by atoms with Gasteiger partial charge in [-0.05, 0) is 26.2 Å². The summed E-state index contributed by atoms with van der Waals surface area (Å²) >= 11 is 0. The fourth-order valence-corrected chi connectivity index (χ4v) is 13.1. The van der Waals surface area contributed by atoms with Crippen molar-refractivity contribution in [3.63, 3.8) is 0 Å². The first-order valence-electron chi connectivity index (χ1n) is 36.3. The molecule has 27 atom stereocenters. The smallest absolute Gasteiger partial charge is 0.220 e. The molecule has 5 aliphatic heterocycles. The summed E-state index contributed by atoms with van der Waals surface area (Å²) in [6, 6.07) is -2.81.